The zero-order chi connectivity index (χ0) is 16.3. The first-order valence-electron chi connectivity index (χ1n) is 7.30. The smallest absolute Gasteiger partial charge is 0.187 e. The van der Waals surface area contributed by atoms with Gasteiger partial charge in [0.15, 0.2) is 15.6 Å². The first-order valence-corrected chi connectivity index (χ1v) is 9.12. The van der Waals surface area contributed by atoms with Gasteiger partial charge in [-0.3, -0.25) is 4.79 Å². The summed E-state index contributed by atoms with van der Waals surface area (Å²) in [6.45, 7) is 0. The van der Waals surface area contributed by atoms with Gasteiger partial charge in [0, 0.05) is 11.1 Å². The summed E-state index contributed by atoms with van der Waals surface area (Å²) in [5.74, 6) is -0.591. The average molecular weight is 324 g/mol. The number of sulfone groups is 1. The number of hydrogen-bond acceptors (Lipinski definition) is 3. The van der Waals surface area contributed by atoms with Crippen LogP contribution in [0.15, 0.2) is 71.8 Å². The molecule has 0 spiro atoms. The van der Waals surface area contributed by atoms with E-state index >= 15 is 0 Å². The Morgan fingerprint density at radius 3 is 1.48 bits per heavy atom. The Labute approximate surface area is 135 Å². The van der Waals surface area contributed by atoms with E-state index in [1.807, 2.05) is 60.7 Å². The van der Waals surface area contributed by atoms with Gasteiger partial charge >= 0.3 is 0 Å². The Bertz CT molecular complexity index is 809. The maximum Gasteiger partial charge on any atom is 0.187 e. The molecular formula is C19H16O3S. The number of benzene rings is 2. The summed E-state index contributed by atoms with van der Waals surface area (Å²) < 4.78 is 24.3. The van der Waals surface area contributed by atoms with Crippen LogP contribution in [0.4, 0.5) is 0 Å². The highest BCUT2D eigenvalue weighted by molar-refractivity contribution is 7.92. The van der Waals surface area contributed by atoms with Crippen LogP contribution >= 0.6 is 0 Å². The van der Waals surface area contributed by atoms with Crippen molar-refractivity contribution < 1.29 is 13.2 Å². The van der Waals surface area contributed by atoms with E-state index in [-0.39, 0.29) is 17.3 Å². The Kier molecular flexibility index (Phi) is 4.26. The maximum atomic E-state index is 12.6. The minimum absolute atomic E-state index is 0.187. The van der Waals surface area contributed by atoms with E-state index in [1.165, 1.54) is 0 Å². The number of hydrogen-bond donors (Lipinski definition) is 0. The summed E-state index contributed by atoms with van der Waals surface area (Å²) in [7, 11) is -3.31. The highest BCUT2D eigenvalue weighted by atomic mass is 32.2. The van der Waals surface area contributed by atoms with Crippen molar-refractivity contribution in [2.24, 2.45) is 0 Å². The van der Waals surface area contributed by atoms with E-state index in [1.54, 1.807) is 12.2 Å². The minimum Gasteiger partial charge on any atom is -0.289 e. The maximum absolute atomic E-state index is 12.6. The molecule has 0 aliphatic carbocycles. The van der Waals surface area contributed by atoms with E-state index in [0.717, 1.165) is 11.1 Å². The van der Waals surface area contributed by atoms with Gasteiger partial charge in [0.2, 0.25) is 0 Å². The minimum atomic E-state index is -3.31. The SMILES string of the molecule is O=C1/C(=C\c2ccccc2)CS(=O)(=O)C/C1=C/c1ccccc1. The molecule has 3 rings (SSSR count). The van der Waals surface area contributed by atoms with Crippen molar-refractivity contribution in [3.8, 4) is 0 Å². The lowest BCUT2D eigenvalue weighted by Gasteiger charge is -2.17. The van der Waals surface area contributed by atoms with Crippen molar-refractivity contribution in [3.05, 3.63) is 82.9 Å². The van der Waals surface area contributed by atoms with E-state index < -0.39 is 9.84 Å². The van der Waals surface area contributed by atoms with Crippen molar-refractivity contribution in [1.29, 1.82) is 0 Å². The molecule has 1 heterocycles. The molecular weight excluding hydrogens is 308 g/mol. The van der Waals surface area contributed by atoms with Crippen LogP contribution in [0.1, 0.15) is 11.1 Å². The van der Waals surface area contributed by atoms with Gasteiger partial charge in [-0.25, -0.2) is 8.42 Å². The molecule has 1 fully saturated rings. The fourth-order valence-electron chi connectivity index (χ4n) is 2.58. The predicted octanol–water partition coefficient (Wildman–Crippen LogP) is 3.15. The molecule has 116 valence electrons. The van der Waals surface area contributed by atoms with Gasteiger partial charge in [0.25, 0.3) is 0 Å². The second-order valence-corrected chi connectivity index (χ2v) is 7.59. The molecule has 1 aliphatic heterocycles. The van der Waals surface area contributed by atoms with Crippen molar-refractivity contribution in [2.45, 2.75) is 0 Å². The third-order valence-corrected chi connectivity index (χ3v) is 5.12. The fourth-order valence-corrected chi connectivity index (χ4v) is 4.06. The molecule has 1 saturated heterocycles. The first-order chi connectivity index (χ1) is 11.0. The summed E-state index contributed by atoms with van der Waals surface area (Å²) in [4.78, 5) is 12.6. The molecule has 3 nitrogen and oxygen atoms in total. The summed E-state index contributed by atoms with van der Waals surface area (Å²) in [5.41, 5.74) is 2.30. The van der Waals surface area contributed by atoms with Crippen LogP contribution < -0.4 is 0 Å². The molecule has 0 amide bonds. The van der Waals surface area contributed by atoms with Crippen molar-refractivity contribution in [2.75, 3.05) is 11.5 Å². The van der Waals surface area contributed by atoms with Crippen molar-refractivity contribution in [1.82, 2.24) is 0 Å². The topological polar surface area (TPSA) is 51.2 Å². The third-order valence-electron chi connectivity index (χ3n) is 3.62. The van der Waals surface area contributed by atoms with Gasteiger partial charge in [-0.2, -0.15) is 0 Å². The molecule has 0 unspecified atom stereocenters. The highest BCUT2D eigenvalue weighted by Crippen LogP contribution is 2.23. The standard InChI is InChI=1S/C19H16O3S/c20-19-17(11-15-7-3-1-4-8-15)13-23(21,22)14-18(19)12-16-9-5-2-6-10-16/h1-12H,13-14H2/b17-11-,18-12-. The normalized spacial score (nSPS) is 20.8. The lowest BCUT2D eigenvalue weighted by molar-refractivity contribution is -0.112. The molecule has 2 aromatic carbocycles. The van der Waals surface area contributed by atoms with E-state index in [4.69, 9.17) is 0 Å². The number of carbonyl (C=O) groups excluding carboxylic acids is 1. The van der Waals surface area contributed by atoms with Gasteiger partial charge in [-0.15, -0.1) is 0 Å². The van der Waals surface area contributed by atoms with Crippen molar-refractivity contribution >= 4 is 27.8 Å². The van der Waals surface area contributed by atoms with E-state index in [2.05, 4.69) is 0 Å². The molecule has 0 bridgehead atoms. The Morgan fingerprint density at radius 2 is 1.09 bits per heavy atom. The number of rotatable bonds is 2. The fraction of sp³-hybridized carbons (Fsp3) is 0.105. The monoisotopic (exact) mass is 324 g/mol. The number of carbonyl (C=O) groups is 1. The zero-order valence-electron chi connectivity index (χ0n) is 12.5. The molecule has 0 radical (unpaired) electrons. The lowest BCUT2D eigenvalue weighted by Crippen LogP contribution is -2.28. The lowest BCUT2D eigenvalue weighted by atomic mass is 10.0. The van der Waals surface area contributed by atoms with Crippen LogP contribution in [0.2, 0.25) is 0 Å². The van der Waals surface area contributed by atoms with Crippen molar-refractivity contribution in [3.63, 3.8) is 0 Å². The summed E-state index contributed by atoms with van der Waals surface area (Å²) in [6, 6.07) is 18.6. The highest BCUT2D eigenvalue weighted by Gasteiger charge is 2.30. The van der Waals surface area contributed by atoms with E-state index in [0.29, 0.717) is 11.1 Å². The van der Waals surface area contributed by atoms with Crippen LogP contribution in [0.3, 0.4) is 0 Å². The summed E-state index contributed by atoms with van der Waals surface area (Å²) in [5, 5.41) is 0. The van der Waals surface area contributed by atoms with Crippen LogP contribution in [0.5, 0.6) is 0 Å². The van der Waals surface area contributed by atoms with Crippen LogP contribution in [-0.2, 0) is 14.6 Å². The molecule has 0 aromatic heterocycles. The summed E-state index contributed by atoms with van der Waals surface area (Å²) >= 11 is 0. The quantitative estimate of drug-likeness (QED) is 0.797. The zero-order valence-corrected chi connectivity index (χ0v) is 13.3. The number of Topliss-reactive ketones (excluding diaryl/α,β-unsaturated/α-hetero) is 1. The number of ketones is 1. The molecule has 0 saturated carbocycles. The van der Waals surface area contributed by atoms with E-state index in [9.17, 15) is 13.2 Å². The second kappa shape index (κ2) is 6.34. The van der Waals surface area contributed by atoms with Gasteiger partial charge in [-0.05, 0) is 23.3 Å². The molecule has 0 atom stereocenters. The Morgan fingerprint density at radius 1 is 0.696 bits per heavy atom. The van der Waals surface area contributed by atoms with Gasteiger partial charge in [-0.1, -0.05) is 60.7 Å². The average Bonchev–Trinajstić information content (AvgIpc) is 2.53. The van der Waals surface area contributed by atoms with Gasteiger partial charge in [0.1, 0.15) is 0 Å². The Balaban J connectivity index is 2.01. The predicted molar refractivity (Wildman–Crippen MR) is 92.5 cm³/mol. The van der Waals surface area contributed by atoms with Gasteiger partial charge < -0.3 is 0 Å². The Hall–Kier alpha value is -2.46. The molecule has 0 N–H and O–H groups in total. The largest absolute Gasteiger partial charge is 0.289 e. The molecule has 4 heteroatoms. The summed E-state index contributed by atoms with van der Waals surface area (Å²) in [6.07, 6.45) is 3.33. The molecule has 1 aliphatic rings. The van der Waals surface area contributed by atoms with Crippen LogP contribution in [0, 0.1) is 0 Å². The van der Waals surface area contributed by atoms with Crippen LogP contribution in [-0.4, -0.2) is 25.7 Å². The third kappa shape index (κ3) is 3.85. The first kappa shape index (κ1) is 15.4. The van der Waals surface area contributed by atoms with Crippen LogP contribution in [0.25, 0.3) is 12.2 Å². The second-order valence-electron chi connectivity index (χ2n) is 5.52. The molecule has 2 aromatic rings. The molecule has 23 heavy (non-hydrogen) atoms. The van der Waals surface area contributed by atoms with Gasteiger partial charge in [0.05, 0.1) is 11.5 Å².